The van der Waals surface area contributed by atoms with Crippen LogP contribution in [0.25, 0.3) is 0 Å². The number of carbonyl (C=O) groups excluding carboxylic acids is 2. The van der Waals surface area contributed by atoms with Gasteiger partial charge < -0.3 is 24.2 Å². The van der Waals surface area contributed by atoms with E-state index in [0.717, 1.165) is 55.4 Å². The van der Waals surface area contributed by atoms with Crippen LogP contribution >= 0.6 is 23.2 Å². The molecule has 2 bridgehead atoms. The van der Waals surface area contributed by atoms with Gasteiger partial charge in [-0.3, -0.25) is 9.80 Å². The van der Waals surface area contributed by atoms with Crippen LogP contribution < -0.4 is 19.1 Å². The van der Waals surface area contributed by atoms with Gasteiger partial charge in [0.2, 0.25) is 0 Å². The predicted octanol–water partition coefficient (Wildman–Crippen LogP) is 8.35. The molecule has 0 N–H and O–H groups in total. The fourth-order valence-electron chi connectivity index (χ4n) is 6.58. The summed E-state index contributed by atoms with van der Waals surface area (Å²) < 4.78 is 88.6. The molecule has 0 saturated carbocycles. The van der Waals surface area contributed by atoms with Crippen LogP contribution in [-0.2, 0) is 22.4 Å². The number of aromatic nitrogens is 1. The maximum atomic E-state index is 15.1. The molecule has 3 aromatic carbocycles. The summed E-state index contributed by atoms with van der Waals surface area (Å²) in [5.41, 5.74) is 0.465. The van der Waals surface area contributed by atoms with Gasteiger partial charge in [0.25, 0.3) is 0 Å². The molecule has 3 saturated heterocycles. The lowest BCUT2D eigenvalue weighted by Gasteiger charge is -2.44. The van der Waals surface area contributed by atoms with E-state index >= 15 is 4.39 Å². The van der Waals surface area contributed by atoms with E-state index in [0.29, 0.717) is 16.8 Å². The van der Waals surface area contributed by atoms with E-state index in [4.69, 9.17) is 32.7 Å². The van der Waals surface area contributed by atoms with Gasteiger partial charge in [-0.2, -0.15) is 22.3 Å². The number of carbonyl (C=O) groups is 2. The Morgan fingerprint density at radius 1 is 0.907 bits per heavy atom. The summed E-state index contributed by atoms with van der Waals surface area (Å²) in [7, 11) is 0. The third-order valence-corrected chi connectivity index (χ3v) is 9.84. The van der Waals surface area contributed by atoms with Crippen molar-refractivity contribution in [2.75, 3.05) is 24.5 Å². The highest BCUT2D eigenvalue weighted by Crippen LogP contribution is 2.37. The van der Waals surface area contributed by atoms with E-state index in [-0.39, 0.29) is 57.4 Å². The summed E-state index contributed by atoms with van der Waals surface area (Å²) in [5.74, 6) is -2.89. The zero-order valence-corrected chi connectivity index (χ0v) is 29.7. The van der Waals surface area contributed by atoms with Gasteiger partial charge in [-0.15, -0.1) is 0 Å². The number of nitrogens with zero attached hydrogens (tertiary/aromatic N) is 3. The number of pyridine rings is 1. The summed E-state index contributed by atoms with van der Waals surface area (Å²) in [6.07, 6.45) is 0.976. The van der Waals surface area contributed by atoms with Crippen LogP contribution in [0.2, 0.25) is 10.0 Å². The highest BCUT2D eigenvalue weighted by molar-refractivity contribution is 6.35. The topological polar surface area (TPSA) is 104 Å². The third-order valence-electron chi connectivity index (χ3n) is 9.18. The van der Waals surface area contributed by atoms with Crippen molar-refractivity contribution in [1.82, 2.24) is 4.90 Å². The van der Waals surface area contributed by atoms with Crippen LogP contribution in [0.4, 0.5) is 32.4 Å². The van der Waals surface area contributed by atoms with Gasteiger partial charge in [-0.1, -0.05) is 53.5 Å². The highest BCUT2D eigenvalue weighted by atomic mass is 35.5. The summed E-state index contributed by atoms with van der Waals surface area (Å²) >= 11 is 12.6. The Morgan fingerprint density at radius 2 is 1.59 bits per heavy atom. The number of anilines is 1. The van der Waals surface area contributed by atoms with E-state index in [9.17, 15) is 32.4 Å². The average Bonchev–Trinajstić information content (AvgIpc) is 3.13. The van der Waals surface area contributed by atoms with Gasteiger partial charge in [0, 0.05) is 18.5 Å². The van der Waals surface area contributed by atoms with E-state index in [1.54, 1.807) is 12.1 Å². The minimum absolute atomic E-state index is 0.0102. The number of para-hydroxylation sites is 1. The molecule has 3 aliphatic rings. The number of fused-ring (bicyclic) bond motifs is 3. The maximum Gasteiger partial charge on any atom is 0.415 e. The van der Waals surface area contributed by atoms with Crippen molar-refractivity contribution in [2.45, 2.75) is 51.2 Å². The van der Waals surface area contributed by atoms with Crippen LogP contribution in [-0.4, -0.2) is 55.9 Å². The van der Waals surface area contributed by atoms with Crippen LogP contribution in [0.1, 0.15) is 46.0 Å². The smallest absolute Gasteiger partial charge is 0.415 e. The van der Waals surface area contributed by atoms with Gasteiger partial charge >= 0.3 is 25.3 Å². The van der Waals surface area contributed by atoms with E-state index in [1.165, 1.54) is 42.5 Å². The monoisotopic (exact) mass is 795 g/mol. The number of ether oxygens (including phenoxy) is 4. The first-order valence-corrected chi connectivity index (χ1v) is 17.5. The lowest BCUT2D eigenvalue weighted by Crippen LogP contribution is -2.53. The molecular formula is C37H32Cl2F5N3O7. The molecular weight excluding hydrogens is 764 g/mol. The van der Waals surface area contributed by atoms with E-state index in [2.05, 4.69) is 14.4 Å². The largest absolute Gasteiger partial charge is 0.619 e. The number of esters is 1. The lowest BCUT2D eigenvalue weighted by atomic mass is 9.86. The summed E-state index contributed by atoms with van der Waals surface area (Å²) in [6.45, 7) is -4.56. The van der Waals surface area contributed by atoms with Gasteiger partial charge in [0.15, 0.2) is 23.9 Å². The molecule has 10 nitrogen and oxygen atoms in total. The molecule has 3 fully saturated rings. The normalized spacial score (nSPS) is 18.4. The Labute approximate surface area is 316 Å². The van der Waals surface area contributed by atoms with Crippen molar-refractivity contribution in [2.24, 2.45) is 5.92 Å². The molecule has 4 heterocycles. The van der Waals surface area contributed by atoms with Gasteiger partial charge in [-0.25, -0.2) is 14.0 Å². The molecule has 286 valence electrons. The number of hydrogen-bond donors (Lipinski definition) is 0. The Hall–Kier alpha value is -4.86. The second-order valence-electron chi connectivity index (χ2n) is 12.7. The standard InChI is InChI=1S/C37H32Cl2F5N3O7/c38-26-18-46(50)19-27(39)25(26)16-31(23-8-9-30(52-35(41)42)32(15-23)53-36(43)44)51-34(48)24-5-3-4-21(14-24)17-47(29-7-2-1-6-28(29)40)37(49)54-33-20-45-12-10-22(33)11-13-45/h1-9,14-15,18-19,22,31,33,35-36H,10-13,16-17,20H2/t31-,33+/m1/s1. The van der Waals surface area contributed by atoms with Gasteiger partial charge in [0.1, 0.15) is 28.1 Å². The SMILES string of the molecule is O=C(O[C@H](Cc1c(Cl)c[n+]([O-])cc1Cl)c1ccc(OC(F)F)c(OC(F)F)c1)c1cccc(CN(C(=O)O[C@H]2CN3CCC2CC3)c2ccccc2F)c1. The molecule has 54 heavy (non-hydrogen) atoms. The van der Waals surface area contributed by atoms with Crippen molar-refractivity contribution < 1.29 is 55.2 Å². The Morgan fingerprint density at radius 3 is 2.24 bits per heavy atom. The molecule has 7 rings (SSSR count). The number of piperidine rings is 3. The van der Waals surface area contributed by atoms with Crippen LogP contribution in [0.15, 0.2) is 79.1 Å². The maximum absolute atomic E-state index is 15.1. The first-order chi connectivity index (χ1) is 25.8. The minimum atomic E-state index is -3.42. The molecule has 2 atom stereocenters. The fourth-order valence-corrected chi connectivity index (χ4v) is 7.18. The van der Waals surface area contributed by atoms with Gasteiger partial charge in [0.05, 0.1) is 17.8 Å². The molecule has 0 spiro atoms. The second-order valence-corrected chi connectivity index (χ2v) is 13.5. The number of amides is 1. The lowest BCUT2D eigenvalue weighted by molar-refractivity contribution is -0.605. The van der Waals surface area contributed by atoms with Crippen molar-refractivity contribution in [3.63, 3.8) is 0 Å². The van der Waals surface area contributed by atoms with E-state index < -0.39 is 48.7 Å². The van der Waals surface area contributed by atoms with Crippen LogP contribution in [0.5, 0.6) is 11.5 Å². The summed E-state index contributed by atoms with van der Waals surface area (Å²) in [4.78, 5) is 30.8. The molecule has 1 amide bonds. The number of rotatable bonds is 13. The summed E-state index contributed by atoms with van der Waals surface area (Å²) in [5, 5.41) is 11.7. The number of hydrogen-bond acceptors (Lipinski definition) is 8. The Bertz CT molecular complexity index is 1960. The zero-order valence-electron chi connectivity index (χ0n) is 28.2. The summed E-state index contributed by atoms with van der Waals surface area (Å²) in [6, 6.07) is 14.7. The quantitative estimate of drug-likeness (QED) is 0.0576. The molecule has 0 aliphatic carbocycles. The first kappa shape index (κ1) is 38.9. The minimum Gasteiger partial charge on any atom is -0.619 e. The van der Waals surface area contributed by atoms with Crippen molar-refractivity contribution in [3.05, 3.63) is 122 Å². The van der Waals surface area contributed by atoms with Crippen LogP contribution in [0, 0.1) is 16.9 Å². The fraction of sp³-hybridized carbons (Fsp3) is 0.324. The molecule has 17 heteroatoms. The molecule has 0 radical (unpaired) electrons. The van der Waals surface area contributed by atoms with Crippen LogP contribution in [0.3, 0.4) is 0 Å². The number of benzene rings is 3. The van der Waals surface area contributed by atoms with Gasteiger partial charge in [-0.05, 0) is 79.4 Å². The predicted molar refractivity (Wildman–Crippen MR) is 185 cm³/mol. The average molecular weight is 797 g/mol. The first-order valence-electron chi connectivity index (χ1n) is 16.7. The Kier molecular flexibility index (Phi) is 12.3. The highest BCUT2D eigenvalue weighted by Gasteiger charge is 2.38. The number of alkyl halides is 4. The molecule has 4 aromatic rings. The van der Waals surface area contributed by atoms with Crippen molar-refractivity contribution in [3.8, 4) is 11.5 Å². The van der Waals surface area contributed by atoms with Crippen molar-refractivity contribution in [1.29, 1.82) is 0 Å². The molecule has 3 aliphatic heterocycles. The zero-order chi connectivity index (χ0) is 38.5. The molecule has 1 aromatic heterocycles. The van der Waals surface area contributed by atoms with Crippen molar-refractivity contribution >= 4 is 41.0 Å². The van der Waals surface area contributed by atoms with E-state index in [1.807, 2.05) is 0 Å². The Balaban J connectivity index is 1.28. The molecule has 0 unspecified atom stereocenters. The number of halogens is 7. The second kappa shape index (κ2) is 17.1. The third kappa shape index (κ3) is 9.43.